The highest BCUT2D eigenvalue weighted by Crippen LogP contribution is 2.63. The summed E-state index contributed by atoms with van der Waals surface area (Å²) < 4.78 is 26.5. The number of fused-ring (bicyclic) bond motifs is 1. The molecule has 130 valence electrons. The minimum atomic E-state index is -1.43. The fraction of sp³-hybridized carbons (Fsp3) is 0.333. The van der Waals surface area contributed by atoms with Crippen LogP contribution < -0.4 is 0 Å². The molecule has 0 radical (unpaired) electrons. The minimum Gasteiger partial charge on any atom is -0.491 e. The molecule has 1 saturated carbocycles. The predicted molar refractivity (Wildman–Crippen MR) is 82.2 cm³/mol. The Bertz CT molecular complexity index is 765. The van der Waals surface area contributed by atoms with Crippen molar-refractivity contribution in [1.29, 1.82) is 0 Å². The highest BCUT2D eigenvalue weighted by atomic mass is 16.6. The van der Waals surface area contributed by atoms with E-state index in [0.29, 0.717) is 17.3 Å². The van der Waals surface area contributed by atoms with E-state index in [1.807, 2.05) is 12.1 Å². The van der Waals surface area contributed by atoms with E-state index in [1.165, 1.54) is 14.2 Å². The zero-order valence-electron chi connectivity index (χ0n) is 13.6. The van der Waals surface area contributed by atoms with Crippen molar-refractivity contribution in [2.75, 3.05) is 14.2 Å². The average Bonchev–Trinajstić information content (AvgIpc) is 3.21. The highest BCUT2D eigenvalue weighted by molar-refractivity contribution is 6.06. The van der Waals surface area contributed by atoms with E-state index in [9.17, 15) is 9.59 Å². The van der Waals surface area contributed by atoms with Crippen LogP contribution in [-0.2, 0) is 23.8 Å². The van der Waals surface area contributed by atoms with E-state index < -0.39 is 29.4 Å². The standard InChI is InChI=1S/C18H16O7/c1-21-16(19)18(17(20)22-2)10-9-13(25-15(10)18)14(11-5-3-7-23-11)12-6-4-8-24-12/h3-10,14-15H,1-2H3. The van der Waals surface area contributed by atoms with Gasteiger partial charge in [0.15, 0.2) is 0 Å². The summed E-state index contributed by atoms with van der Waals surface area (Å²) in [7, 11) is 2.47. The molecule has 0 N–H and O–H groups in total. The van der Waals surface area contributed by atoms with Crippen LogP contribution in [0.5, 0.6) is 0 Å². The van der Waals surface area contributed by atoms with Crippen molar-refractivity contribution >= 4 is 11.9 Å². The molecule has 0 bridgehead atoms. The second-order valence-corrected chi connectivity index (χ2v) is 5.95. The molecule has 0 amide bonds. The van der Waals surface area contributed by atoms with Crippen LogP contribution in [0.1, 0.15) is 17.4 Å². The molecular weight excluding hydrogens is 328 g/mol. The Hall–Kier alpha value is -2.96. The van der Waals surface area contributed by atoms with Gasteiger partial charge in [0.25, 0.3) is 0 Å². The maximum Gasteiger partial charge on any atom is 0.327 e. The van der Waals surface area contributed by atoms with Gasteiger partial charge >= 0.3 is 11.9 Å². The van der Waals surface area contributed by atoms with Gasteiger partial charge in [-0.05, 0) is 30.3 Å². The number of carbonyl (C=O) groups is 2. The second kappa shape index (κ2) is 5.54. The molecule has 1 aliphatic carbocycles. The lowest BCUT2D eigenvalue weighted by Gasteiger charge is -2.20. The minimum absolute atomic E-state index is 0.384. The van der Waals surface area contributed by atoms with Gasteiger partial charge in [-0.1, -0.05) is 0 Å². The van der Waals surface area contributed by atoms with Crippen molar-refractivity contribution in [2.45, 2.75) is 12.0 Å². The van der Waals surface area contributed by atoms with Gasteiger partial charge in [0.1, 0.15) is 29.3 Å². The normalized spacial score (nSPS) is 22.8. The Morgan fingerprint density at radius 2 is 1.60 bits per heavy atom. The maximum atomic E-state index is 12.2. The molecule has 1 aliphatic heterocycles. The van der Waals surface area contributed by atoms with Crippen LogP contribution in [0.2, 0.25) is 0 Å². The van der Waals surface area contributed by atoms with Crippen molar-refractivity contribution in [2.24, 2.45) is 11.3 Å². The zero-order chi connectivity index (χ0) is 17.6. The lowest BCUT2D eigenvalue weighted by molar-refractivity contribution is -0.164. The van der Waals surface area contributed by atoms with Crippen LogP contribution in [0.15, 0.2) is 57.5 Å². The largest absolute Gasteiger partial charge is 0.491 e. The van der Waals surface area contributed by atoms with Crippen LogP contribution in [0.3, 0.4) is 0 Å². The van der Waals surface area contributed by atoms with Crippen LogP contribution in [0, 0.1) is 11.3 Å². The van der Waals surface area contributed by atoms with Crippen molar-refractivity contribution in [3.63, 3.8) is 0 Å². The van der Waals surface area contributed by atoms with Crippen molar-refractivity contribution in [1.82, 2.24) is 0 Å². The lowest BCUT2D eigenvalue weighted by Crippen LogP contribution is -2.34. The van der Waals surface area contributed by atoms with Gasteiger partial charge in [0, 0.05) is 5.92 Å². The SMILES string of the molecule is COC(=O)C1(C(=O)OC)C2C=C(C(c3ccco3)c3ccco3)OC21. The fourth-order valence-corrected chi connectivity index (χ4v) is 3.55. The fourth-order valence-electron chi connectivity index (χ4n) is 3.55. The van der Waals surface area contributed by atoms with E-state index in [0.717, 1.165) is 0 Å². The van der Waals surface area contributed by atoms with Gasteiger partial charge in [-0.25, -0.2) is 0 Å². The summed E-state index contributed by atoms with van der Waals surface area (Å²) in [5.74, 6) is -0.271. The lowest BCUT2D eigenvalue weighted by atomic mass is 9.97. The first-order valence-electron chi connectivity index (χ1n) is 7.76. The summed E-state index contributed by atoms with van der Waals surface area (Å²) in [6, 6.07) is 7.17. The number of ether oxygens (including phenoxy) is 3. The molecule has 3 heterocycles. The number of hydrogen-bond donors (Lipinski definition) is 0. The molecule has 25 heavy (non-hydrogen) atoms. The van der Waals surface area contributed by atoms with Crippen LogP contribution >= 0.6 is 0 Å². The molecule has 2 aromatic heterocycles. The second-order valence-electron chi connectivity index (χ2n) is 5.95. The van der Waals surface area contributed by atoms with Gasteiger partial charge in [0.2, 0.25) is 5.41 Å². The van der Waals surface area contributed by atoms with Crippen LogP contribution in [0.4, 0.5) is 0 Å². The van der Waals surface area contributed by atoms with Gasteiger partial charge < -0.3 is 23.0 Å². The smallest absolute Gasteiger partial charge is 0.327 e. The van der Waals surface area contributed by atoms with Crippen molar-refractivity contribution < 1.29 is 32.6 Å². The molecule has 2 unspecified atom stereocenters. The summed E-state index contributed by atoms with van der Waals surface area (Å²) in [5.41, 5.74) is -1.43. The van der Waals surface area contributed by atoms with Crippen LogP contribution in [-0.4, -0.2) is 32.3 Å². The average molecular weight is 344 g/mol. The first-order chi connectivity index (χ1) is 12.1. The summed E-state index contributed by atoms with van der Waals surface area (Å²) in [5, 5.41) is 0. The number of methoxy groups -OCH3 is 2. The van der Waals surface area contributed by atoms with Gasteiger partial charge in [0.05, 0.1) is 26.7 Å². The molecule has 4 rings (SSSR count). The van der Waals surface area contributed by atoms with E-state index in [4.69, 9.17) is 23.0 Å². The molecule has 2 aromatic rings. The summed E-state index contributed by atoms with van der Waals surface area (Å²) in [4.78, 5) is 24.3. The molecule has 2 aliphatic rings. The van der Waals surface area contributed by atoms with Crippen LogP contribution in [0.25, 0.3) is 0 Å². The zero-order valence-corrected chi connectivity index (χ0v) is 13.6. The Morgan fingerprint density at radius 3 is 1.96 bits per heavy atom. The Kier molecular flexibility index (Phi) is 3.45. The molecule has 2 atom stereocenters. The Labute approximate surface area is 143 Å². The summed E-state index contributed by atoms with van der Waals surface area (Å²) >= 11 is 0. The van der Waals surface area contributed by atoms with E-state index in [1.54, 1.807) is 30.7 Å². The molecule has 0 aromatic carbocycles. The predicted octanol–water partition coefficient (Wildman–Crippen LogP) is 2.25. The third-order valence-electron chi connectivity index (χ3n) is 4.78. The highest BCUT2D eigenvalue weighted by Gasteiger charge is 2.80. The first kappa shape index (κ1) is 15.6. The molecule has 7 nitrogen and oxygen atoms in total. The van der Waals surface area contributed by atoms with Gasteiger partial charge in [-0.3, -0.25) is 9.59 Å². The molecule has 1 fully saturated rings. The van der Waals surface area contributed by atoms with Crippen molar-refractivity contribution in [3.8, 4) is 0 Å². The topological polar surface area (TPSA) is 88.1 Å². The van der Waals surface area contributed by atoms with Gasteiger partial charge in [-0.15, -0.1) is 0 Å². The molecular formula is C18H16O7. The molecule has 7 heteroatoms. The number of hydrogen-bond acceptors (Lipinski definition) is 7. The molecule has 0 saturated heterocycles. The number of furan rings is 2. The third kappa shape index (κ3) is 2.05. The van der Waals surface area contributed by atoms with E-state index in [-0.39, 0.29) is 5.92 Å². The van der Waals surface area contributed by atoms with Gasteiger partial charge in [-0.2, -0.15) is 0 Å². The third-order valence-corrected chi connectivity index (χ3v) is 4.78. The number of allylic oxidation sites excluding steroid dienone is 1. The maximum absolute atomic E-state index is 12.2. The first-order valence-corrected chi connectivity index (χ1v) is 7.76. The number of esters is 2. The van der Waals surface area contributed by atoms with E-state index >= 15 is 0 Å². The molecule has 0 spiro atoms. The summed E-state index contributed by atoms with van der Waals surface area (Å²) in [6.07, 6.45) is 4.24. The quantitative estimate of drug-likeness (QED) is 0.607. The Balaban J connectivity index is 1.69. The number of carbonyl (C=O) groups excluding carboxylic acids is 2. The monoisotopic (exact) mass is 344 g/mol. The number of rotatable bonds is 5. The Morgan fingerprint density at radius 1 is 1.04 bits per heavy atom. The van der Waals surface area contributed by atoms with Crippen molar-refractivity contribution in [3.05, 3.63) is 60.1 Å². The summed E-state index contributed by atoms with van der Waals surface area (Å²) in [6.45, 7) is 0. The van der Waals surface area contributed by atoms with E-state index in [2.05, 4.69) is 0 Å².